The van der Waals surface area contributed by atoms with Crippen LogP contribution in [0, 0.1) is 0 Å². The lowest BCUT2D eigenvalue weighted by Gasteiger charge is -2.31. The summed E-state index contributed by atoms with van der Waals surface area (Å²) in [5.41, 5.74) is 1.06. The van der Waals surface area contributed by atoms with E-state index in [1.165, 1.54) is 0 Å². The summed E-state index contributed by atoms with van der Waals surface area (Å²) in [6.07, 6.45) is 2.04. The molecule has 0 spiro atoms. The van der Waals surface area contributed by atoms with E-state index in [1.54, 1.807) is 6.20 Å². The molecule has 0 bridgehead atoms. The number of hydrogen-bond acceptors (Lipinski definition) is 5. The van der Waals surface area contributed by atoms with E-state index < -0.39 is 0 Å². The lowest BCUT2D eigenvalue weighted by Crippen LogP contribution is -2.45. The molecule has 3 rings (SSSR count). The SMILES string of the molecule is CNCC1CN(Cc2ncc(-c3ccccc3)o2)CCO1. The molecule has 21 heavy (non-hydrogen) atoms. The van der Waals surface area contributed by atoms with E-state index in [-0.39, 0.29) is 6.10 Å². The molecule has 2 aromatic rings. The van der Waals surface area contributed by atoms with Gasteiger partial charge in [-0.3, -0.25) is 4.90 Å². The largest absolute Gasteiger partial charge is 0.439 e. The second-order valence-corrected chi connectivity index (χ2v) is 5.27. The quantitative estimate of drug-likeness (QED) is 0.908. The molecule has 0 saturated carbocycles. The molecule has 1 fully saturated rings. The smallest absolute Gasteiger partial charge is 0.209 e. The van der Waals surface area contributed by atoms with Gasteiger partial charge in [-0.25, -0.2) is 4.98 Å². The second kappa shape index (κ2) is 6.85. The Morgan fingerprint density at radius 3 is 3.00 bits per heavy atom. The normalized spacial score (nSPS) is 19.8. The van der Waals surface area contributed by atoms with Gasteiger partial charge in [-0.05, 0) is 7.05 Å². The molecule has 1 aromatic heterocycles. The van der Waals surface area contributed by atoms with E-state index in [1.807, 2.05) is 37.4 Å². The molecule has 2 heterocycles. The fourth-order valence-corrected chi connectivity index (χ4v) is 2.59. The summed E-state index contributed by atoms with van der Waals surface area (Å²) >= 11 is 0. The Kier molecular flexibility index (Phi) is 4.65. The number of oxazole rings is 1. The summed E-state index contributed by atoms with van der Waals surface area (Å²) < 4.78 is 11.6. The summed E-state index contributed by atoms with van der Waals surface area (Å²) in [7, 11) is 1.95. The number of aromatic nitrogens is 1. The third kappa shape index (κ3) is 3.69. The van der Waals surface area contributed by atoms with Crippen LogP contribution < -0.4 is 5.32 Å². The van der Waals surface area contributed by atoms with Gasteiger partial charge in [0.1, 0.15) is 0 Å². The van der Waals surface area contributed by atoms with Gasteiger partial charge in [0.05, 0.1) is 25.5 Å². The van der Waals surface area contributed by atoms with Crippen LogP contribution in [0.1, 0.15) is 5.89 Å². The molecule has 1 aromatic carbocycles. The molecule has 1 unspecified atom stereocenters. The van der Waals surface area contributed by atoms with Gasteiger partial charge in [0, 0.05) is 25.2 Å². The Labute approximate surface area is 124 Å². The molecular weight excluding hydrogens is 266 g/mol. The number of morpholine rings is 1. The first kappa shape index (κ1) is 14.3. The van der Waals surface area contributed by atoms with Crippen molar-refractivity contribution in [2.24, 2.45) is 0 Å². The molecule has 0 radical (unpaired) electrons. The van der Waals surface area contributed by atoms with E-state index >= 15 is 0 Å². The monoisotopic (exact) mass is 287 g/mol. The molecule has 1 N–H and O–H groups in total. The zero-order valence-corrected chi connectivity index (χ0v) is 12.3. The van der Waals surface area contributed by atoms with Gasteiger partial charge < -0.3 is 14.5 Å². The second-order valence-electron chi connectivity index (χ2n) is 5.27. The number of nitrogens with one attached hydrogen (secondary N) is 1. The number of benzene rings is 1. The van der Waals surface area contributed by atoms with Crippen molar-refractivity contribution in [3.05, 3.63) is 42.4 Å². The van der Waals surface area contributed by atoms with Crippen LogP contribution in [0.25, 0.3) is 11.3 Å². The third-order valence-corrected chi connectivity index (χ3v) is 3.63. The van der Waals surface area contributed by atoms with Gasteiger partial charge in [-0.2, -0.15) is 0 Å². The maximum atomic E-state index is 5.86. The first-order valence-electron chi connectivity index (χ1n) is 7.34. The van der Waals surface area contributed by atoms with Crippen molar-refractivity contribution in [1.82, 2.24) is 15.2 Å². The Bertz CT molecular complexity index is 554. The van der Waals surface area contributed by atoms with Crippen LogP contribution in [0.3, 0.4) is 0 Å². The number of likely N-dealkylation sites (N-methyl/N-ethyl adjacent to an activating group) is 1. The van der Waals surface area contributed by atoms with Crippen LogP contribution in [0.2, 0.25) is 0 Å². The predicted molar refractivity (Wildman–Crippen MR) is 80.9 cm³/mol. The van der Waals surface area contributed by atoms with Crippen LogP contribution in [0.15, 0.2) is 40.9 Å². The average molecular weight is 287 g/mol. The molecule has 112 valence electrons. The maximum absolute atomic E-state index is 5.86. The maximum Gasteiger partial charge on any atom is 0.209 e. The highest BCUT2D eigenvalue weighted by atomic mass is 16.5. The highest BCUT2D eigenvalue weighted by molar-refractivity contribution is 5.55. The Morgan fingerprint density at radius 1 is 1.33 bits per heavy atom. The van der Waals surface area contributed by atoms with Crippen molar-refractivity contribution in [2.45, 2.75) is 12.6 Å². The zero-order valence-electron chi connectivity index (χ0n) is 12.3. The minimum atomic E-state index is 0.243. The molecule has 0 amide bonds. The number of rotatable bonds is 5. The Balaban J connectivity index is 1.62. The predicted octanol–water partition coefficient (Wildman–Crippen LogP) is 1.76. The topological polar surface area (TPSA) is 50.5 Å². The lowest BCUT2D eigenvalue weighted by atomic mass is 10.2. The zero-order chi connectivity index (χ0) is 14.5. The summed E-state index contributed by atoms with van der Waals surface area (Å²) in [6.45, 7) is 4.19. The van der Waals surface area contributed by atoms with Gasteiger partial charge in [-0.1, -0.05) is 30.3 Å². The fraction of sp³-hybridized carbons (Fsp3) is 0.438. The van der Waals surface area contributed by atoms with Crippen molar-refractivity contribution < 1.29 is 9.15 Å². The molecular formula is C16H21N3O2. The van der Waals surface area contributed by atoms with Crippen LogP contribution in [0.4, 0.5) is 0 Å². The van der Waals surface area contributed by atoms with Crippen molar-refractivity contribution in [2.75, 3.05) is 33.3 Å². The lowest BCUT2D eigenvalue weighted by molar-refractivity contribution is -0.0313. The summed E-state index contributed by atoms with van der Waals surface area (Å²) in [5.74, 6) is 1.59. The number of ether oxygens (including phenoxy) is 1. The van der Waals surface area contributed by atoms with Gasteiger partial charge in [0.2, 0.25) is 5.89 Å². The first-order valence-corrected chi connectivity index (χ1v) is 7.34. The first-order chi connectivity index (χ1) is 10.3. The molecule has 1 aliphatic rings. The molecule has 1 atom stereocenters. The van der Waals surface area contributed by atoms with E-state index in [4.69, 9.17) is 9.15 Å². The standard InChI is InChI=1S/C16H21N3O2/c1-17-9-14-11-19(7-8-20-14)12-16-18-10-15(21-16)13-5-3-2-4-6-13/h2-6,10,14,17H,7-9,11-12H2,1H3. The fourth-order valence-electron chi connectivity index (χ4n) is 2.59. The van der Waals surface area contributed by atoms with Gasteiger partial charge in [0.15, 0.2) is 5.76 Å². The average Bonchev–Trinajstić information content (AvgIpc) is 2.97. The molecule has 5 heteroatoms. The van der Waals surface area contributed by atoms with Crippen molar-refractivity contribution >= 4 is 0 Å². The van der Waals surface area contributed by atoms with E-state index in [0.29, 0.717) is 0 Å². The molecule has 5 nitrogen and oxygen atoms in total. The third-order valence-electron chi connectivity index (χ3n) is 3.63. The van der Waals surface area contributed by atoms with Crippen LogP contribution in [0.5, 0.6) is 0 Å². The summed E-state index contributed by atoms with van der Waals surface area (Å²) in [4.78, 5) is 6.72. The van der Waals surface area contributed by atoms with E-state index in [9.17, 15) is 0 Å². The molecule has 1 aliphatic heterocycles. The number of nitrogens with zero attached hydrogens (tertiary/aromatic N) is 2. The van der Waals surface area contributed by atoms with E-state index in [2.05, 4.69) is 15.2 Å². The van der Waals surface area contributed by atoms with Gasteiger partial charge in [0.25, 0.3) is 0 Å². The van der Waals surface area contributed by atoms with Crippen molar-refractivity contribution in [3.63, 3.8) is 0 Å². The highest BCUT2D eigenvalue weighted by Crippen LogP contribution is 2.20. The van der Waals surface area contributed by atoms with Crippen LogP contribution in [-0.4, -0.2) is 49.3 Å². The molecule has 0 aliphatic carbocycles. The highest BCUT2D eigenvalue weighted by Gasteiger charge is 2.21. The van der Waals surface area contributed by atoms with Crippen molar-refractivity contribution in [3.8, 4) is 11.3 Å². The minimum Gasteiger partial charge on any atom is -0.439 e. The van der Waals surface area contributed by atoms with Crippen molar-refractivity contribution in [1.29, 1.82) is 0 Å². The van der Waals surface area contributed by atoms with E-state index in [0.717, 1.165) is 50.0 Å². The number of hydrogen-bond donors (Lipinski definition) is 1. The summed E-state index contributed by atoms with van der Waals surface area (Å²) in [5, 5.41) is 3.16. The molecule has 1 saturated heterocycles. The van der Waals surface area contributed by atoms with Gasteiger partial charge >= 0.3 is 0 Å². The van der Waals surface area contributed by atoms with Gasteiger partial charge in [-0.15, -0.1) is 0 Å². The Morgan fingerprint density at radius 2 is 2.19 bits per heavy atom. The minimum absolute atomic E-state index is 0.243. The summed E-state index contributed by atoms with van der Waals surface area (Å²) in [6, 6.07) is 10.1. The van der Waals surface area contributed by atoms with Crippen LogP contribution in [-0.2, 0) is 11.3 Å². The van der Waals surface area contributed by atoms with Crippen LogP contribution >= 0.6 is 0 Å². The Hall–Kier alpha value is -1.69.